The molecule has 2 aliphatic rings. The van der Waals surface area contributed by atoms with Crippen molar-refractivity contribution in [3.63, 3.8) is 0 Å². The first-order valence-electron chi connectivity index (χ1n) is 11.2. The summed E-state index contributed by atoms with van der Waals surface area (Å²) in [6.45, 7) is 0.794. The molecule has 3 heterocycles. The maximum atomic E-state index is 13.1. The molecule has 1 saturated carbocycles. The van der Waals surface area contributed by atoms with Crippen LogP contribution in [-0.4, -0.2) is 32.3 Å². The molecule has 6 heteroatoms. The Morgan fingerprint density at radius 1 is 0.968 bits per heavy atom. The molecular formula is C25H27N5O. The van der Waals surface area contributed by atoms with Gasteiger partial charge in [-0.25, -0.2) is 9.97 Å². The van der Waals surface area contributed by atoms with Gasteiger partial charge in [0.1, 0.15) is 5.82 Å². The lowest BCUT2D eigenvalue weighted by atomic mass is 9.83. The molecule has 1 atom stereocenters. The molecule has 0 spiro atoms. The first-order chi connectivity index (χ1) is 15.3. The number of carbonyl (C=O) groups excluding carboxylic acids is 1. The summed E-state index contributed by atoms with van der Waals surface area (Å²) >= 11 is 0. The van der Waals surface area contributed by atoms with E-state index in [1.807, 2.05) is 59.6 Å². The normalized spacial score (nSPS) is 19.0. The standard InChI is InChI=1S/C25H27N5O/c31-25(18-8-6-9-18)30-15-5-4-13-22(30)24-28-21(19-10-7-14-26-17-19)16-23(29-24)27-20-11-2-1-3-12-20/h1-3,7,10-12,14,16-18,22H,4-6,8-9,13,15H2,(H,27,28,29)/t22-/m0/s1. The second kappa shape index (κ2) is 8.84. The Balaban J connectivity index is 1.52. The lowest BCUT2D eigenvalue weighted by Gasteiger charge is -2.39. The fourth-order valence-corrected chi connectivity index (χ4v) is 4.36. The summed E-state index contributed by atoms with van der Waals surface area (Å²) in [5.41, 5.74) is 2.73. The first-order valence-corrected chi connectivity index (χ1v) is 11.2. The molecule has 1 aliphatic heterocycles. The van der Waals surface area contributed by atoms with Gasteiger partial charge in [-0.2, -0.15) is 0 Å². The number of nitrogens with one attached hydrogen (secondary N) is 1. The molecule has 1 aromatic carbocycles. The summed E-state index contributed by atoms with van der Waals surface area (Å²) in [6.07, 6.45) is 9.80. The fraction of sp³-hybridized carbons (Fsp3) is 0.360. The number of aromatic nitrogens is 3. The van der Waals surface area contributed by atoms with E-state index in [1.165, 1.54) is 0 Å². The van der Waals surface area contributed by atoms with Crippen LogP contribution in [0.5, 0.6) is 0 Å². The number of likely N-dealkylation sites (tertiary alicyclic amines) is 1. The third kappa shape index (κ3) is 4.29. The summed E-state index contributed by atoms with van der Waals surface area (Å²) in [5, 5.41) is 3.41. The van der Waals surface area contributed by atoms with Gasteiger partial charge in [0, 0.05) is 42.2 Å². The van der Waals surface area contributed by atoms with Crippen molar-refractivity contribution < 1.29 is 4.79 Å². The second-order valence-corrected chi connectivity index (χ2v) is 8.40. The number of anilines is 2. The lowest BCUT2D eigenvalue weighted by Crippen LogP contribution is -2.44. The number of hydrogen-bond acceptors (Lipinski definition) is 5. The van der Waals surface area contributed by atoms with Crippen LogP contribution in [0.25, 0.3) is 11.3 Å². The molecule has 2 aromatic heterocycles. The van der Waals surface area contributed by atoms with Crippen molar-refractivity contribution in [2.24, 2.45) is 5.92 Å². The van der Waals surface area contributed by atoms with Gasteiger partial charge >= 0.3 is 0 Å². The predicted octanol–water partition coefficient (Wildman–Crippen LogP) is 5.14. The van der Waals surface area contributed by atoms with Crippen LogP contribution in [0.4, 0.5) is 11.5 Å². The van der Waals surface area contributed by atoms with Crippen LogP contribution in [0, 0.1) is 5.92 Å². The van der Waals surface area contributed by atoms with E-state index in [0.29, 0.717) is 5.82 Å². The molecule has 158 valence electrons. The first kappa shape index (κ1) is 19.7. The molecule has 1 aliphatic carbocycles. The number of amides is 1. The lowest BCUT2D eigenvalue weighted by molar-refractivity contribution is -0.142. The minimum absolute atomic E-state index is 0.0743. The van der Waals surface area contributed by atoms with E-state index in [2.05, 4.69) is 10.3 Å². The van der Waals surface area contributed by atoms with Gasteiger partial charge in [0.25, 0.3) is 0 Å². The zero-order valence-electron chi connectivity index (χ0n) is 17.6. The average molecular weight is 414 g/mol. The molecular weight excluding hydrogens is 386 g/mol. The van der Waals surface area contributed by atoms with Gasteiger partial charge in [-0.15, -0.1) is 0 Å². The Hall–Kier alpha value is -3.28. The minimum atomic E-state index is -0.0743. The SMILES string of the molecule is O=C(C1CCC1)N1CCCC[C@H]1c1nc(Nc2ccccc2)cc(-c2cccnc2)n1. The van der Waals surface area contributed by atoms with Crippen LogP contribution in [0.15, 0.2) is 60.9 Å². The zero-order chi connectivity index (χ0) is 21.0. The van der Waals surface area contributed by atoms with Gasteiger partial charge in [0.2, 0.25) is 5.91 Å². The molecule has 31 heavy (non-hydrogen) atoms. The van der Waals surface area contributed by atoms with E-state index in [-0.39, 0.29) is 17.9 Å². The maximum absolute atomic E-state index is 13.1. The summed E-state index contributed by atoms with van der Waals surface area (Å²) in [6, 6.07) is 15.8. The maximum Gasteiger partial charge on any atom is 0.226 e. The van der Waals surface area contributed by atoms with Crippen LogP contribution < -0.4 is 5.32 Å². The van der Waals surface area contributed by atoms with E-state index in [1.54, 1.807) is 6.20 Å². The molecule has 0 radical (unpaired) electrons. The average Bonchev–Trinajstić information content (AvgIpc) is 2.79. The summed E-state index contributed by atoms with van der Waals surface area (Å²) in [4.78, 5) is 29.2. The van der Waals surface area contributed by atoms with Crippen LogP contribution in [-0.2, 0) is 4.79 Å². The van der Waals surface area contributed by atoms with Crippen LogP contribution in [0.2, 0.25) is 0 Å². The van der Waals surface area contributed by atoms with Crippen molar-refractivity contribution in [3.05, 3.63) is 66.7 Å². The fourth-order valence-electron chi connectivity index (χ4n) is 4.36. The third-order valence-corrected chi connectivity index (χ3v) is 6.29. The Bertz CT molecular complexity index is 1040. The van der Waals surface area contributed by atoms with Gasteiger partial charge in [0.15, 0.2) is 5.82 Å². The highest BCUT2D eigenvalue weighted by Gasteiger charge is 2.36. The summed E-state index contributed by atoms with van der Waals surface area (Å²) in [5.74, 6) is 1.91. The summed E-state index contributed by atoms with van der Waals surface area (Å²) < 4.78 is 0. The van der Waals surface area contributed by atoms with Crippen molar-refractivity contribution in [1.29, 1.82) is 0 Å². The van der Waals surface area contributed by atoms with Gasteiger partial charge < -0.3 is 10.2 Å². The molecule has 2 fully saturated rings. The molecule has 6 nitrogen and oxygen atoms in total. The van der Waals surface area contributed by atoms with Gasteiger partial charge in [-0.05, 0) is 56.4 Å². The monoisotopic (exact) mass is 413 g/mol. The van der Waals surface area contributed by atoms with Crippen molar-refractivity contribution in [2.45, 2.75) is 44.6 Å². The van der Waals surface area contributed by atoms with Crippen molar-refractivity contribution in [1.82, 2.24) is 19.9 Å². The topological polar surface area (TPSA) is 71.0 Å². The molecule has 1 amide bonds. The highest BCUT2D eigenvalue weighted by Crippen LogP contribution is 2.36. The minimum Gasteiger partial charge on any atom is -0.340 e. The number of nitrogens with zero attached hydrogens (tertiary/aromatic N) is 4. The smallest absolute Gasteiger partial charge is 0.226 e. The number of piperidine rings is 1. The number of carbonyl (C=O) groups is 1. The Morgan fingerprint density at radius 2 is 1.84 bits per heavy atom. The Labute approximate surface area is 182 Å². The number of para-hydroxylation sites is 1. The van der Waals surface area contributed by atoms with E-state index >= 15 is 0 Å². The van der Waals surface area contributed by atoms with Crippen LogP contribution in [0.3, 0.4) is 0 Å². The molecule has 1 N–H and O–H groups in total. The molecule has 5 rings (SSSR count). The Kier molecular flexibility index (Phi) is 5.61. The Morgan fingerprint density at radius 3 is 2.58 bits per heavy atom. The number of rotatable bonds is 5. The van der Waals surface area contributed by atoms with E-state index in [4.69, 9.17) is 9.97 Å². The highest BCUT2D eigenvalue weighted by molar-refractivity contribution is 5.80. The van der Waals surface area contributed by atoms with Crippen molar-refractivity contribution >= 4 is 17.4 Å². The summed E-state index contributed by atoms with van der Waals surface area (Å²) in [7, 11) is 0. The zero-order valence-corrected chi connectivity index (χ0v) is 17.6. The molecule has 1 saturated heterocycles. The number of benzene rings is 1. The van der Waals surface area contributed by atoms with Gasteiger partial charge in [-0.3, -0.25) is 9.78 Å². The predicted molar refractivity (Wildman–Crippen MR) is 121 cm³/mol. The highest BCUT2D eigenvalue weighted by atomic mass is 16.2. The van der Waals surface area contributed by atoms with Gasteiger partial charge in [-0.1, -0.05) is 24.6 Å². The van der Waals surface area contributed by atoms with Gasteiger partial charge in [0.05, 0.1) is 11.7 Å². The number of pyridine rings is 1. The van der Waals surface area contributed by atoms with Crippen LogP contribution in [0.1, 0.15) is 50.4 Å². The van der Waals surface area contributed by atoms with E-state index in [9.17, 15) is 4.79 Å². The third-order valence-electron chi connectivity index (χ3n) is 6.29. The quantitative estimate of drug-likeness (QED) is 0.627. The largest absolute Gasteiger partial charge is 0.340 e. The second-order valence-electron chi connectivity index (χ2n) is 8.40. The van der Waals surface area contributed by atoms with Crippen molar-refractivity contribution in [3.8, 4) is 11.3 Å². The molecule has 3 aromatic rings. The van der Waals surface area contributed by atoms with E-state index < -0.39 is 0 Å². The van der Waals surface area contributed by atoms with Crippen LogP contribution >= 0.6 is 0 Å². The molecule has 0 unspecified atom stereocenters. The van der Waals surface area contributed by atoms with E-state index in [0.717, 1.165) is 67.8 Å². The number of hydrogen-bond donors (Lipinski definition) is 1. The van der Waals surface area contributed by atoms with Crippen molar-refractivity contribution in [2.75, 3.05) is 11.9 Å². The molecule has 0 bridgehead atoms.